The van der Waals surface area contributed by atoms with Crippen LogP contribution in [0.3, 0.4) is 0 Å². The van der Waals surface area contributed by atoms with Crippen molar-refractivity contribution in [1.82, 2.24) is 5.32 Å². The molecule has 2 heterocycles. The van der Waals surface area contributed by atoms with Crippen LogP contribution >= 0.6 is 11.8 Å². The molecule has 0 aromatic rings. The van der Waals surface area contributed by atoms with Crippen molar-refractivity contribution in [2.45, 2.75) is 24.0 Å². The molecule has 2 saturated heterocycles. The predicted octanol–water partition coefficient (Wildman–Crippen LogP) is 1.25. The molecule has 9 heavy (non-hydrogen) atoms. The van der Waals surface area contributed by atoms with Crippen LogP contribution in [0.4, 0.5) is 0 Å². The predicted molar refractivity (Wildman–Crippen MR) is 41.9 cm³/mol. The Kier molecular flexibility index (Phi) is 1.46. The molecule has 0 amide bonds. The Bertz CT molecular complexity index is 84.0. The van der Waals surface area contributed by atoms with Gasteiger partial charge in [0.1, 0.15) is 0 Å². The summed E-state index contributed by atoms with van der Waals surface area (Å²) in [6.45, 7) is 2.53. The Morgan fingerprint density at radius 1 is 1.33 bits per heavy atom. The lowest BCUT2D eigenvalue weighted by Crippen LogP contribution is -2.23. The van der Waals surface area contributed by atoms with E-state index in [-0.39, 0.29) is 0 Å². The van der Waals surface area contributed by atoms with Gasteiger partial charge in [0, 0.05) is 11.3 Å². The van der Waals surface area contributed by atoms with Gasteiger partial charge >= 0.3 is 0 Å². The average molecular weight is 143 g/mol. The SMILES string of the molecule is C1CSC2(C1)CCNC2. The highest BCUT2D eigenvalue weighted by atomic mass is 32.2. The molecule has 1 spiro atoms. The molecule has 2 heteroatoms. The zero-order valence-electron chi connectivity index (χ0n) is 5.65. The van der Waals surface area contributed by atoms with Crippen LogP contribution < -0.4 is 5.32 Å². The van der Waals surface area contributed by atoms with Gasteiger partial charge in [0.05, 0.1) is 0 Å². The third-order valence-electron chi connectivity index (χ3n) is 2.39. The highest BCUT2D eigenvalue weighted by Crippen LogP contribution is 2.42. The maximum Gasteiger partial charge on any atom is 0.0296 e. The molecule has 1 unspecified atom stereocenters. The van der Waals surface area contributed by atoms with Crippen molar-refractivity contribution in [1.29, 1.82) is 0 Å². The van der Waals surface area contributed by atoms with Gasteiger partial charge in [0.25, 0.3) is 0 Å². The van der Waals surface area contributed by atoms with E-state index < -0.39 is 0 Å². The smallest absolute Gasteiger partial charge is 0.0296 e. The Morgan fingerprint density at radius 3 is 2.89 bits per heavy atom. The summed E-state index contributed by atoms with van der Waals surface area (Å²) in [5.41, 5.74) is 0. The first-order chi connectivity index (χ1) is 4.41. The monoisotopic (exact) mass is 143 g/mol. The minimum Gasteiger partial charge on any atom is -0.315 e. The van der Waals surface area contributed by atoms with E-state index in [0.29, 0.717) is 4.75 Å². The third-order valence-corrected chi connectivity index (χ3v) is 4.05. The number of thioether (sulfide) groups is 1. The standard InChI is InChI=1S/C7H13NS/c1-2-7(9-5-1)3-4-8-6-7/h8H,1-6H2. The van der Waals surface area contributed by atoms with Crippen molar-refractivity contribution in [3.63, 3.8) is 0 Å². The van der Waals surface area contributed by atoms with E-state index in [9.17, 15) is 0 Å². The maximum absolute atomic E-state index is 3.43. The summed E-state index contributed by atoms with van der Waals surface area (Å²) in [4.78, 5) is 0. The van der Waals surface area contributed by atoms with E-state index in [1.807, 2.05) is 0 Å². The second-order valence-corrected chi connectivity index (χ2v) is 4.62. The minimum atomic E-state index is 0.694. The average Bonchev–Trinajstić information content (AvgIpc) is 2.45. The van der Waals surface area contributed by atoms with Crippen molar-refractivity contribution in [3.8, 4) is 0 Å². The summed E-state index contributed by atoms with van der Waals surface area (Å²) in [5, 5.41) is 3.43. The van der Waals surface area contributed by atoms with Crippen molar-refractivity contribution in [3.05, 3.63) is 0 Å². The molecule has 0 radical (unpaired) electrons. The second kappa shape index (κ2) is 2.17. The zero-order chi connectivity index (χ0) is 6.16. The third kappa shape index (κ3) is 0.987. The lowest BCUT2D eigenvalue weighted by Gasteiger charge is -2.18. The van der Waals surface area contributed by atoms with Gasteiger partial charge in [-0.05, 0) is 31.6 Å². The van der Waals surface area contributed by atoms with E-state index in [1.165, 1.54) is 38.1 Å². The largest absolute Gasteiger partial charge is 0.315 e. The molecule has 2 aliphatic heterocycles. The van der Waals surface area contributed by atoms with Gasteiger partial charge in [-0.15, -0.1) is 0 Å². The molecular weight excluding hydrogens is 130 g/mol. The van der Waals surface area contributed by atoms with Crippen LogP contribution in [-0.4, -0.2) is 23.6 Å². The molecule has 1 atom stereocenters. The fourth-order valence-corrected chi connectivity index (χ4v) is 3.27. The van der Waals surface area contributed by atoms with Crippen molar-refractivity contribution in [2.75, 3.05) is 18.8 Å². The topological polar surface area (TPSA) is 12.0 Å². The summed E-state index contributed by atoms with van der Waals surface area (Å²) >= 11 is 2.19. The fraction of sp³-hybridized carbons (Fsp3) is 1.00. The molecule has 0 saturated carbocycles. The summed E-state index contributed by atoms with van der Waals surface area (Å²) < 4.78 is 0.694. The maximum atomic E-state index is 3.43. The highest BCUT2D eigenvalue weighted by molar-refractivity contribution is 8.00. The zero-order valence-corrected chi connectivity index (χ0v) is 6.47. The fourth-order valence-electron chi connectivity index (χ4n) is 1.81. The van der Waals surface area contributed by atoms with Crippen LogP contribution in [0.5, 0.6) is 0 Å². The molecule has 0 aromatic carbocycles. The molecule has 0 bridgehead atoms. The van der Waals surface area contributed by atoms with Gasteiger partial charge in [-0.3, -0.25) is 0 Å². The first-order valence-electron chi connectivity index (χ1n) is 3.76. The van der Waals surface area contributed by atoms with E-state index in [4.69, 9.17) is 0 Å². The van der Waals surface area contributed by atoms with Crippen LogP contribution in [0.25, 0.3) is 0 Å². The van der Waals surface area contributed by atoms with Gasteiger partial charge in [-0.2, -0.15) is 11.8 Å². The Balaban J connectivity index is 2.04. The Hall–Kier alpha value is 0.310. The van der Waals surface area contributed by atoms with Crippen LogP contribution in [-0.2, 0) is 0 Å². The quantitative estimate of drug-likeness (QED) is 0.547. The normalized spacial score (nSPS) is 42.7. The van der Waals surface area contributed by atoms with Gasteiger partial charge < -0.3 is 5.32 Å². The van der Waals surface area contributed by atoms with Gasteiger partial charge in [0.15, 0.2) is 0 Å². The second-order valence-electron chi connectivity index (χ2n) is 3.06. The van der Waals surface area contributed by atoms with E-state index in [0.717, 1.165) is 0 Å². The van der Waals surface area contributed by atoms with Crippen LogP contribution in [0, 0.1) is 0 Å². The molecule has 0 aliphatic carbocycles. The summed E-state index contributed by atoms with van der Waals surface area (Å²) in [6, 6.07) is 0. The lowest BCUT2D eigenvalue weighted by atomic mass is 10.0. The lowest BCUT2D eigenvalue weighted by molar-refractivity contribution is 0.607. The van der Waals surface area contributed by atoms with Gasteiger partial charge in [-0.1, -0.05) is 0 Å². The molecule has 1 N–H and O–H groups in total. The minimum absolute atomic E-state index is 0.694. The molecule has 52 valence electrons. The molecular formula is C7H13NS. The van der Waals surface area contributed by atoms with Crippen molar-refractivity contribution in [2.24, 2.45) is 0 Å². The summed E-state index contributed by atoms with van der Waals surface area (Å²) in [7, 11) is 0. The molecule has 0 aromatic heterocycles. The highest BCUT2D eigenvalue weighted by Gasteiger charge is 2.36. The van der Waals surface area contributed by atoms with Gasteiger partial charge in [0.2, 0.25) is 0 Å². The Morgan fingerprint density at radius 2 is 2.33 bits per heavy atom. The summed E-state index contributed by atoms with van der Waals surface area (Å²) in [6.07, 6.45) is 4.33. The van der Waals surface area contributed by atoms with Crippen molar-refractivity contribution >= 4 is 11.8 Å². The molecule has 2 fully saturated rings. The molecule has 2 aliphatic rings. The van der Waals surface area contributed by atoms with Crippen LogP contribution in [0.15, 0.2) is 0 Å². The van der Waals surface area contributed by atoms with E-state index >= 15 is 0 Å². The Labute approximate surface area is 60.6 Å². The van der Waals surface area contributed by atoms with Crippen molar-refractivity contribution < 1.29 is 0 Å². The number of rotatable bonds is 0. The number of hydrogen-bond donors (Lipinski definition) is 1. The summed E-state index contributed by atoms with van der Waals surface area (Å²) in [5.74, 6) is 1.40. The van der Waals surface area contributed by atoms with E-state index in [1.54, 1.807) is 0 Å². The number of hydrogen-bond acceptors (Lipinski definition) is 2. The first-order valence-corrected chi connectivity index (χ1v) is 4.75. The van der Waals surface area contributed by atoms with Crippen LogP contribution in [0.1, 0.15) is 19.3 Å². The van der Waals surface area contributed by atoms with Crippen LogP contribution in [0.2, 0.25) is 0 Å². The van der Waals surface area contributed by atoms with E-state index in [2.05, 4.69) is 17.1 Å². The van der Waals surface area contributed by atoms with Gasteiger partial charge in [-0.25, -0.2) is 0 Å². The molecule has 1 nitrogen and oxygen atoms in total. The first kappa shape index (κ1) is 6.05. The number of nitrogens with one attached hydrogen (secondary N) is 1. The molecule has 2 rings (SSSR count).